The Hall–Kier alpha value is -2.08. The van der Waals surface area contributed by atoms with Crippen LogP contribution in [-0.2, 0) is 0 Å². The van der Waals surface area contributed by atoms with Gasteiger partial charge in [0.1, 0.15) is 0 Å². The van der Waals surface area contributed by atoms with E-state index in [1.165, 1.54) is 21.2 Å². The van der Waals surface area contributed by atoms with Crippen LogP contribution in [0.25, 0.3) is 22.9 Å². The Kier molecular flexibility index (Phi) is 2.00. The Bertz CT molecular complexity index is 715. The van der Waals surface area contributed by atoms with E-state index in [-0.39, 0.29) is 0 Å². The number of benzene rings is 2. The zero-order chi connectivity index (χ0) is 11.0. The summed E-state index contributed by atoms with van der Waals surface area (Å²) in [7, 11) is 0. The van der Waals surface area contributed by atoms with Crippen molar-refractivity contribution >= 4 is 22.9 Å². The third-order valence-electron chi connectivity index (χ3n) is 2.88. The van der Waals surface area contributed by atoms with Gasteiger partial charge in [-0.3, -0.25) is 0 Å². The van der Waals surface area contributed by atoms with E-state index in [0.29, 0.717) is 0 Å². The molecule has 0 nitrogen and oxygen atoms in total. The summed E-state index contributed by atoms with van der Waals surface area (Å²) in [4.78, 5) is 0. The molecule has 2 aromatic carbocycles. The first-order chi connectivity index (χ1) is 7.83. The zero-order valence-electron chi connectivity index (χ0n) is 8.98. The molecule has 1 aliphatic carbocycles. The van der Waals surface area contributed by atoms with Gasteiger partial charge >= 0.3 is 0 Å². The van der Waals surface area contributed by atoms with Crippen LogP contribution in [0.15, 0.2) is 60.7 Å². The van der Waals surface area contributed by atoms with Crippen molar-refractivity contribution < 1.29 is 0 Å². The third kappa shape index (κ3) is 1.49. The predicted molar refractivity (Wildman–Crippen MR) is 70.4 cm³/mol. The van der Waals surface area contributed by atoms with Gasteiger partial charge in [-0.05, 0) is 45.0 Å². The molecule has 3 rings (SSSR count). The molecule has 0 atom stereocenters. The molecule has 0 amide bonds. The highest BCUT2D eigenvalue weighted by molar-refractivity contribution is 5.83. The molecule has 0 heteroatoms. The van der Waals surface area contributed by atoms with Crippen LogP contribution >= 0.6 is 0 Å². The Morgan fingerprint density at radius 2 is 1.56 bits per heavy atom. The molecule has 1 aliphatic rings. The molecule has 16 heavy (non-hydrogen) atoms. The van der Waals surface area contributed by atoms with Gasteiger partial charge in [0.2, 0.25) is 0 Å². The lowest BCUT2D eigenvalue weighted by molar-refractivity contribution is 1.57. The van der Waals surface area contributed by atoms with Crippen LogP contribution in [0.1, 0.15) is 0 Å². The smallest absolute Gasteiger partial charge is 0.0172 e. The van der Waals surface area contributed by atoms with Crippen molar-refractivity contribution in [3.63, 3.8) is 0 Å². The molecular weight excluding hydrogens is 192 g/mol. The van der Waals surface area contributed by atoms with Gasteiger partial charge in [0.05, 0.1) is 0 Å². The SMILES string of the molecule is C=C1C=CC=c2cc3ccccc3cc2=C1. The monoisotopic (exact) mass is 204 g/mol. The quantitative estimate of drug-likeness (QED) is 0.618. The fourth-order valence-corrected chi connectivity index (χ4v) is 2.07. The highest BCUT2D eigenvalue weighted by Gasteiger charge is 1.95. The van der Waals surface area contributed by atoms with Crippen molar-refractivity contribution in [3.05, 3.63) is 71.1 Å². The van der Waals surface area contributed by atoms with Gasteiger partial charge in [0, 0.05) is 0 Å². The number of hydrogen-bond donors (Lipinski definition) is 0. The van der Waals surface area contributed by atoms with Crippen molar-refractivity contribution in [2.75, 3.05) is 0 Å². The van der Waals surface area contributed by atoms with E-state index in [2.05, 4.69) is 61.2 Å². The summed E-state index contributed by atoms with van der Waals surface area (Å²) in [5.74, 6) is 0. The summed E-state index contributed by atoms with van der Waals surface area (Å²) >= 11 is 0. The first kappa shape index (κ1) is 9.17. The fraction of sp³-hybridized carbons (Fsp3) is 0. The Labute approximate surface area is 94.5 Å². The second-order valence-electron chi connectivity index (χ2n) is 4.07. The summed E-state index contributed by atoms with van der Waals surface area (Å²) in [6.45, 7) is 3.99. The summed E-state index contributed by atoms with van der Waals surface area (Å²) in [5.41, 5.74) is 1.05. The van der Waals surface area contributed by atoms with E-state index in [1.807, 2.05) is 6.08 Å². The lowest BCUT2D eigenvalue weighted by atomic mass is 10.1. The first-order valence-electron chi connectivity index (χ1n) is 5.41. The molecule has 0 radical (unpaired) electrons. The Morgan fingerprint density at radius 1 is 0.875 bits per heavy atom. The summed E-state index contributed by atoms with van der Waals surface area (Å²) in [5, 5.41) is 5.06. The molecule has 0 N–H and O–H groups in total. The average Bonchev–Trinajstić information content (AvgIpc) is 2.46. The van der Waals surface area contributed by atoms with Crippen LogP contribution in [0, 0.1) is 0 Å². The standard InChI is InChI=1S/C16H12/c1-12-5-4-8-15-10-13-6-2-3-7-14(13)11-16(15)9-12/h2-11H,1H2. The van der Waals surface area contributed by atoms with Crippen LogP contribution in [0.2, 0.25) is 0 Å². The molecule has 0 aromatic heterocycles. The second kappa shape index (κ2) is 3.49. The predicted octanol–water partition coefficient (Wildman–Crippen LogP) is 2.53. The lowest BCUT2D eigenvalue weighted by Crippen LogP contribution is -2.23. The van der Waals surface area contributed by atoms with Crippen LogP contribution in [0.5, 0.6) is 0 Å². The normalized spacial score (nSPS) is 13.9. The minimum atomic E-state index is 1.05. The summed E-state index contributed by atoms with van der Waals surface area (Å²) in [6.07, 6.45) is 8.35. The minimum Gasteiger partial charge on any atom is -0.0917 e. The molecule has 0 saturated heterocycles. The zero-order valence-corrected chi connectivity index (χ0v) is 8.98. The average molecular weight is 204 g/mol. The Balaban J connectivity index is 2.49. The molecule has 2 aromatic rings. The fourth-order valence-electron chi connectivity index (χ4n) is 2.07. The van der Waals surface area contributed by atoms with Crippen molar-refractivity contribution in [1.29, 1.82) is 0 Å². The molecular formula is C16H12. The van der Waals surface area contributed by atoms with Crippen molar-refractivity contribution in [2.45, 2.75) is 0 Å². The molecule has 0 spiro atoms. The lowest BCUT2D eigenvalue weighted by Gasteiger charge is -1.97. The number of allylic oxidation sites excluding steroid dienone is 3. The number of rotatable bonds is 0. The van der Waals surface area contributed by atoms with Crippen molar-refractivity contribution in [3.8, 4) is 0 Å². The largest absolute Gasteiger partial charge is 0.0917 e. The van der Waals surface area contributed by atoms with Crippen molar-refractivity contribution in [2.24, 2.45) is 0 Å². The molecule has 0 bridgehead atoms. The molecule has 0 saturated carbocycles. The van der Waals surface area contributed by atoms with Crippen LogP contribution in [0.4, 0.5) is 0 Å². The van der Waals surface area contributed by atoms with Gasteiger partial charge in [-0.2, -0.15) is 0 Å². The summed E-state index contributed by atoms with van der Waals surface area (Å²) in [6, 6.07) is 12.9. The second-order valence-corrected chi connectivity index (χ2v) is 4.07. The topological polar surface area (TPSA) is 0 Å². The van der Waals surface area contributed by atoms with Crippen LogP contribution in [-0.4, -0.2) is 0 Å². The third-order valence-corrected chi connectivity index (χ3v) is 2.88. The van der Waals surface area contributed by atoms with E-state index in [4.69, 9.17) is 0 Å². The van der Waals surface area contributed by atoms with E-state index < -0.39 is 0 Å². The van der Waals surface area contributed by atoms with Crippen LogP contribution in [0.3, 0.4) is 0 Å². The molecule has 76 valence electrons. The van der Waals surface area contributed by atoms with Gasteiger partial charge in [0.15, 0.2) is 0 Å². The highest BCUT2D eigenvalue weighted by atomic mass is 14.0. The molecule has 0 heterocycles. The van der Waals surface area contributed by atoms with E-state index in [1.54, 1.807) is 0 Å². The molecule has 0 fully saturated rings. The van der Waals surface area contributed by atoms with E-state index >= 15 is 0 Å². The van der Waals surface area contributed by atoms with Gasteiger partial charge in [-0.1, -0.05) is 49.1 Å². The molecule has 0 unspecified atom stereocenters. The van der Waals surface area contributed by atoms with Gasteiger partial charge < -0.3 is 0 Å². The minimum absolute atomic E-state index is 1.05. The number of hydrogen-bond acceptors (Lipinski definition) is 0. The van der Waals surface area contributed by atoms with Crippen LogP contribution < -0.4 is 10.4 Å². The molecule has 0 aliphatic heterocycles. The maximum Gasteiger partial charge on any atom is -0.0172 e. The summed E-state index contributed by atoms with van der Waals surface area (Å²) < 4.78 is 0. The van der Waals surface area contributed by atoms with E-state index in [0.717, 1.165) is 5.57 Å². The van der Waals surface area contributed by atoms with Gasteiger partial charge in [-0.15, -0.1) is 0 Å². The highest BCUT2D eigenvalue weighted by Crippen LogP contribution is 2.09. The van der Waals surface area contributed by atoms with Gasteiger partial charge in [0.25, 0.3) is 0 Å². The van der Waals surface area contributed by atoms with Gasteiger partial charge in [-0.25, -0.2) is 0 Å². The maximum absolute atomic E-state index is 3.99. The first-order valence-corrected chi connectivity index (χ1v) is 5.41. The maximum atomic E-state index is 3.99. The van der Waals surface area contributed by atoms with E-state index in [9.17, 15) is 0 Å². The Morgan fingerprint density at radius 3 is 2.31 bits per heavy atom. The number of fused-ring (bicyclic) bond motifs is 2. The van der Waals surface area contributed by atoms with Crippen molar-refractivity contribution in [1.82, 2.24) is 0 Å².